The minimum Gasteiger partial charge on any atom is -0.481 e. The molecule has 1 aliphatic heterocycles. The Morgan fingerprint density at radius 2 is 1.96 bits per heavy atom. The summed E-state index contributed by atoms with van der Waals surface area (Å²) >= 11 is 12.4. The van der Waals surface area contributed by atoms with Crippen LogP contribution >= 0.6 is 23.2 Å². The van der Waals surface area contributed by atoms with Gasteiger partial charge in [0.15, 0.2) is 0 Å². The Bertz CT molecular complexity index is 720. The molecule has 25 heavy (non-hydrogen) atoms. The van der Waals surface area contributed by atoms with Gasteiger partial charge in [-0.25, -0.2) is 9.97 Å². The van der Waals surface area contributed by atoms with E-state index in [1.54, 1.807) is 13.4 Å². The lowest BCUT2D eigenvalue weighted by molar-refractivity contribution is 0.200. The summed E-state index contributed by atoms with van der Waals surface area (Å²) in [5, 5.41) is 1.49. The molecule has 0 saturated carbocycles. The summed E-state index contributed by atoms with van der Waals surface area (Å²) in [6.45, 7) is 2.71. The van der Waals surface area contributed by atoms with Gasteiger partial charge in [-0.15, -0.1) is 0 Å². The van der Waals surface area contributed by atoms with E-state index < -0.39 is 0 Å². The van der Waals surface area contributed by atoms with Crippen LogP contribution in [0.2, 0.25) is 10.0 Å². The van der Waals surface area contributed by atoms with Crippen LogP contribution in [0.5, 0.6) is 5.88 Å². The van der Waals surface area contributed by atoms with Crippen molar-refractivity contribution in [2.75, 3.05) is 32.1 Å². The number of benzene rings is 1. The fraction of sp³-hybridized carbons (Fsp3) is 0.444. The third-order valence-electron chi connectivity index (χ3n) is 4.68. The van der Waals surface area contributed by atoms with Gasteiger partial charge in [0.1, 0.15) is 12.1 Å². The smallest absolute Gasteiger partial charge is 0.218 e. The SMILES string of the molecule is COc1cc(N2CCC(N(C)Cc3cc(Cl)ccc3Cl)CC2)ncn1. The van der Waals surface area contributed by atoms with Crippen LogP contribution in [0.15, 0.2) is 30.6 Å². The predicted molar refractivity (Wildman–Crippen MR) is 102 cm³/mol. The van der Waals surface area contributed by atoms with Crippen molar-refractivity contribution in [1.29, 1.82) is 0 Å². The molecule has 2 aromatic rings. The van der Waals surface area contributed by atoms with E-state index in [-0.39, 0.29) is 0 Å². The van der Waals surface area contributed by atoms with Crippen molar-refractivity contribution in [3.05, 3.63) is 46.2 Å². The lowest BCUT2D eigenvalue weighted by atomic mass is 10.0. The molecular weight excluding hydrogens is 359 g/mol. The number of rotatable bonds is 5. The Kier molecular flexibility index (Phi) is 5.99. The van der Waals surface area contributed by atoms with E-state index in [1.165, 1.54) is 0 Å². The van der Waals surface area contributed by atoms with Crippen molar-refractivity contribution < 1.29 is 4.74 Å². The number of aromatic nitrogens is 2. The molecule has 0 unspecified atom stereocenters. The maximum atomic E-state index is 6.29. The summed E-state index contributed by atoms with van der Waals surface area (Å²) in [6, 6.07) is 8.02. The highest BCUT2D eigenvalue weighted by Gasteiger charge is 2.24. The lowest BCUT2D eigenvalue weighted by Crippen LogP contribution is -2.43. The molecule has 7 heteroatoms. The molecular formula is C18H22Cl2N4O. The summed E-state index contributed by atoms with van der Waals surface area (Å²) in [7, 11) is 3.76. The van der Waals surface area contributed by atoms with Crippen molar-refractivity contribution in [2.45, 2.75) is 25.4 Å². The van der Waals surface area contributed by atoms with E-state index in [0.29, 0.717) is 11.9 Å². The molecule has 5 nitrogen and oxygen atoms in total. The Labute approximate surface area is 158 Å². The molecule has 0 bridgehead atoms. The van der Waals surface area contributed by atoms with Gasteiger partial charge in [0, 0.05) is 41.8 Å². The minimum absolute atomic E-state index is 0.509. The van der Waals surface area contributed by atoms with Crippen LogP contribution in [-0.4, -0.2) is 48.2 Å². The van der Waals surface area contributed by atoms with Crippen LogP contribution in [0.4, 0.5) is 5.82 Å². The van der Waals surface area contributed by atoms with E-state index in [2.05, 4.69) is 26.8 Å². The number of halogens is 2. The van der Waals surface area contributed by atoms with E-state index in [4.69, 9.17) is 27.9 Å². The summed E-state index contributed by atoms with van der Waals surface area (Å²) in [4.78, 5) is 13.1. The highest BCUT2D eigenvalue weighted by atomic mass is 35.5. The fourth-order valence-corrected chi connectivity index (χ4v) is 3.58. The highest BCUT2D eigenvalue weighted by molar-refractivity contribution is 6.33. The van der Waals surface area contributed by atoms with Crippen LogP contribution in [0.3, 0.4) is 0 Å². The molecule has 0 N–H and O–H groups in total. The first-order valence-electron chi connectivity index (χ1n) is 8.32. The molecule has 134 valence electrons. The van der Waals surface area contributed by atoms with Gasteiger partial charge in [-0.1, -0.05) is 23.2 Å². The van der Waals surface area contributed by atoms with Crippen LogP contribution in [0.1, 0.15) is 18.4 Å². The number of hydrogen-bond acceptors (Lipinski definition) is 5. The van der Waals surface area contributed by atoms with Crippen LogP contribution in [-0.2, 0) is 6.54 Å². The van der Waals surface area contributed by atoms with E-state index >= 15 is 0 Å². The molecule has 0 radical (unpaired) electrons. The maximum Gasteiger partial charge on any atom is 0.218 e. The van der Waals surface area contributed by atoms with Gasteiger partial charge >= 0.3 is 0 Å². The number of anilines is 1. The molecule has 1 aliphatic rings. The zero-order chi connectivity index (χ0) is 17.8. The monoisotopic (exact) mass is 380 g/mol. The highest BCUT2D eigenvalue weighted by Crippen LogP contribution is 2.26. The van der Waals surface area contributed by atoms with Gasteiger partial charge in [0.25, 0.3) is 0 Å². The largest absolute Gasteiger partial charge is 0.481 e. The second-order valence-corrected chi connectivity index (χ2v) is 7.13. The van der Waals surface area contributed by atoms with Crippen LogP contribution in [0, 0.1) is 0 Å². The number of hydrogen-bond donors (Lipinski definition) is 0. The normalized spacial score (nSPS) is 15.6. The van der Waals surface area contributed by atoms with Gasteiger partial charge in [0.05, 0.1) is 7.11 Å². The van der Waals surface area contributed by atoms with Crippen molar-refractivity contribution in [3.8, 4) is 5.88 Å². The standard InChI is InChI=1S/C18H22Cl2N4O/c1-23(11-13-9-14(19)3-4-16(13)20)15-5-7-24(8-6-15)17-10-18(25-2)22-12-21-17/h3-4,9-10,12,15H,5-8,11H2,1-2H3. The third-order valence-corrected chi connectivity index (χ3v) is 5.28. The molecule has 0 amide bonds. The summed E-state index contributed by atoms with van der Waals surface area (Å²) in [5.74, 6) is 1.52. The predicted octanol–water partition coefficient (Wildman–Crippen LogP) is 3.89. The Morgan fingerprint density at radius 1 is 1.20 bits per heavy atom. The maximum absolute atomic E-state index is 6.29. The fourth-order valence-electron chi connectivity index (χ4n) is 3.21. The van der Waals surface area contributed by atoms with Crippen molar-refractivity contribution >= 4 is 29.0 Å². The van der Waals surface area contributed by atoms with E-state index in [1.807, 2.05) is 24.3 Å². The second kappa shape index (κ2) is 8.21. The molecule has 3 rings (SSSR count). The molecule has 1 aromatic heterocycles. The topological polar surface area (TPSA) is 41.5 Å². The van der Waals surface area contributed by atoms with E-state index in [0.717, 1.165) is 53.9 Å². The second-order valence-electron chi connectivity index (χ2n) is 6.29. The number of methoxy groups -OCH3 is 1. The first-order chi connectivity index (χ1) is 12.1. The third kappa shape index (κ3) is 4.54. The molecule has 1 saturated heterocycles. The molecule has 0 spiro atoms. The van der Waals surface area contributed by atoms with Gasteiger partial charge in [-0.05, 0) is 43.7 Å². The number of piperidine rings is 1. The molecule has 0 aliphatic carbocycles. The minimum atomic E-state index is 0.509. The first-order valence-corrected chi connectivity index (χ1v) is 9.07. The van der Waals surface area contributed by atoms with Crippen molar-refractivity contribution in [2.24, 2.45) is 0 Å². The molecule has 1 fully saturated rings. The quantitative estimate of drug-likeness (QED) is 0.786. The van der Waals surface area contributed by atoms with Gasteiger partial charge in [0.2, 0.25) is 5.88 Å². The lowest BCUT2D eigenvalue weighted by Gasteiger charge is -2.37. The molecule has 1 aromatic carbocycles. The Balaban J connectivity index is 1.58. The Hall–Kier alpha value is -1.56. The zero-order valence-corrected chi connectivity index (χ0v) is 16.0. The van der Waals surface area contributed by atoms with Crippen LogP contribution < -0.4 is 9.64 Å². The first kappa shape index (κ1) is 18.2. The summed E-state index contributed by atoms with van der Waals surface area (Å²) in [6.07, 6.45) is 3.69. The van der Waals surface area contributed by atoms with Crippen molar-refractivity contribution in [3.63, 3.8) is 0 Å². The molecule has 0 atom stereocenters. The number of nitrogens with zero attached hydrogens (tertiary/aromatic N) is 4. The summed E-state index contributed by atoms with van der Waals surface area (Å²) in [5.41, 5.74) is 1.07. The number of ether oxygens (including phenoxy) is 1. The Morgan fingerprint density at radius 3 is 2.68 bits per heavy atom. The van der Waals surface area contributed by atoms with Gasteiger partial charge in [-0.3, -0.25) is 4.90 Å². The average molecular weight is 381 g/mol. The van der Waals surface area contributed by atoms with Crippen molar-refractivity contribution in [1.82, 2.24) is 14.9 Å². The van der Waals surface area contributed by atoms with Gasteiger partial charge in [-0.2, -0.15) is 0 Å². The van der Waals surface area contributed by atoms with Crippen LogP contribution in [0.25, 0.3) is 0 Å². The van der Waals surface area contributed by atoms with E-state index in [9.17, 15) is 0 Å². The zero-order valence-electron chi connectivity index (χ0n) is 14.5. The average Bonchev–Trinajstić information content (AvgIpc) is 2.65. The molecule has 2 heterocycles. The summed E-state index contributed by atoms with van der Waals surface area (Å²) < 4.78 is 5.18. The van der Waals surface area contributed by atoms with Gasteiger partial charge < -0.3 is 9.64 Å².